The third kappa shape index (κ3) is 4.14. The molecule has 1 fully saturated rings. The van der Waals surface area contributed by atoms with Gasteiger partial charge in [0.2, 0.25) is 5.91 Å². The summed E-state index contributed by atoms with van der Waals surface area (Å²) < 4.78 is 10.3. The molecule has 1 rings (SSSR count). The standard InChI is InChI=1S/C5H10NO4P/c7-5(3-11(8,9)10)6-4-1-2-4/h4H,1-3H2,(H,6,7)(H2,8,9,10). The molecule has 0 aliphatic heterocycles. The fourth-order valence-electron chi connectivity index (χ4n) is 0.688. The molecule has 0 unspecified atom stereocenters. The highest BCUT2D eigenvalue weighted by Gasteiger charge is 2.26. The first-order chi connectivity index (χ1) is 4.97. The van der Waals surface area contributed by atoms with Crippen molar-refractivity contribution in [2.45, 2.75) is 18.9 Å². The summed E-state index contributed by atoms with van der Waals surface area (Å²) in [6.45, 7) is 0. The van der Waals surface area contributed by atoms with Crippen molar-refractivity contribution >= 4 is 13.5 Å². The van der Waals surface area contributed by atoms with Crippen LogP contribution >= 0.6 is 7.60 Å². The molecule has 11 heavy (non-hydrogen) atoms. The van der Waals surface area contributed by atoms with Crippen molar-refractivity contribution in [3.63, 3.8) is 0 Å². The molecule has 0 radical (unpaired) electrons. The Hall–Kier alpha value is -0.380. The Morgan fingerprint density at radius 3 is 2.45 bits per heavy atom. The van der Waals surface area contributed by atoms with Crippen LogP contribution in [0.5, 0.6) is 0 Å². The fourth-order valence-corrected chi connectivity index (χ4v) is 1.15. The van der Waals surface area contributed by atoms with Gasteiger partial charge in [0.1, 0.15) is 6.16 Å². The van der Waals surface area contributed by atoms with E-state index in [1.165, 1.54) is 0 Å². The highest BCUT2D eigenvalue weighted by Crippen LogP contribution is 2.33. The third-order valence-electron chi connectivity index (χ3n) is 1.29. The molecule has 0 aromatic heterocycles. The van der Waals surface area contributed by atoms with Gasteiger partial charge in [-0.15, -0.1) is 0 Å². The van der Waals surface area contributed by atoms with Crippen molar-refractivity contribution in [3.8, 4) is 0 Å². The van der Waals surface area contributed by atoms with E-state index in [1.807, 2.05) is 0 Å². The second-order valence-corrected chi connectivity index (χ2v) is 4.31. The predicted molar refractivity (Wildman–Crippen MR) is 38.1 cm³/mol. The second kappa shape index (κ2) is 2.93. The van der Waals surface area contributed by atoms with E-state index in [0.717, 1.165) is 12.8 Å². The van der Waals surface area contributed by atoms with E-state index in [4.69, 9.17) is 9.79 Å². The van der Waals surface area contributed by atoms with Gasteiger partial charge in [0.15, 0.2) is 0 Å². The lowest BCUT2D eigenvalue weighted by atomic mass is 10.6. The largest absolute Gasteiger partial charge is 0.353 e. The minimum Gasteiger partial charge on any atom is -0.353 e. The summed E-state index contributed by atoms with van der Waals surface area (Å²) in [4.78, 5) is 27.4. The lowest BCUT2D eigenvalue weighted by Crippen LogP contribution is -2.28. The van der Waals surface area contributed by atoms with Gasteiger partial charge in [-0.1, -0.05) is 0 Å². The van der Waals surface area contributed by atoms with Crippen LogP contribution in [0.3, 0.4) is 0 Å². The van der Waals surface area contributed by atoms with Crippen molar-refractivity contribution < 1.29 is 19.1 Å². The molecular weight excluding hydrogens is 169 g/mol. The monoisotopic (exact) mass is 179 g/mol. The number of rotatable bonds is 3. The summed E-state index contributed by atoms with van der Waals surface area (Å²) in [5.74, 6) is -0.555. The Balaban J connectivity index is 2.25. The van der Waals surface area contributed by atoms with Crippen molar-refractivity contribution in [2.75, 3.05) is 6.16 Å². The molecule has 1 aliphatic carbocycles. The van der Waals surface area contributed by atoms with Crippen molar-refractivity contribution in [2.24, 2.45) is 0 Å². The average molecular weight is 179 g/mol. The van der Waals surface area contributed by atoms with Crippen LogP contribution in [-0.4, -0.2) is 27.9 Å². The Labute approximate surface area is 64.0 Å². The summed E-state index contributed by atoms with van der Waals surface area (Å²) in [5.41, 5.74) is 0. The van der Waals surface area contributed by atoms with E-state index >= 15 is 0 Å². The van der Waals surface area contributed by atoms with Gasteiger partial charge in [0.05, 0.1) is 0 Å². The zero-order valence-electron chi connectivity index (χ0n) is 5.86. The van der Waals surface area contributed by atoms with E-state index in [1.54, 1.807) is 0 Å². The fraction of sp³-hybridized carbons (Fsp3) is 0.800. The van der Waals surface area contributed by atoms with Crippen molar-refractivity contribution in [1.29, 1.82) is 0 Å². The number of carbonyl (C=O) groups is 1. The minimum absolute atomic E-state index is 0.161. The molecule has 1 aliphatic rings. The van der Waals surface area contributed by atoms with E-state index in [9.17, 15) is 9.36 Å². The molecule has 0 heterocycles. The molecule has 0 saturated heterocycles. The molecule has 0 aromatic carbocycles. The van der Waals surface area contributed by atoms with E-state index < -0.39 is 19.7 Å². The lowest BCUT2D eigenvalue weighted by Gasteiger charge is -2.03. The first-order valence-corrected chi connectivity index (χ1v) is 5.11. The molecule has 64 valence electrons. The van der Waals surface area contributed by atoms with Crippen LogP contribution in [0.1, 0.15) is 12.8 Å². The highest BCUT2D eigenvalue weighted by atomic mass is 31.2. The van der Waals surface area contributed by atoms with Gasteiger partial charge >= 0.3 is 7.60 Å². The maximum Gasteiger partial charge on any atom is 0.334 e. The molecule has 0 aromatic rings. The van der Waals surface area contributed by atoms with Crippen LogP contribution in [-0.2, 0) is 9.36 Å². The molecule has 6 heteroatoms. The molecular formula is C5H10NO4P. The summed E-state index contributed by atoms with van der Waals surface area (Å²) in [6, 6.07) is 0.161. The zero-order chi connectivity index (χ0) is 8.48. The van der Waals surface area contributed by atoms with Gasteiger partial charge in [-0.25, -0.2) is 0 Å². The Morgan fingerprint density at radius 1 is 1.55 bits per heavy atom. The van der Waals surface area contributed by atoms with E-state index in [0.29, 0.717) is 0 Å². The van der Waals surface area contributed by atoms with Crippen molar-refractivity contribution in [3.05, 3.63) is 0 Å². The average Bonchev–Trinajstić information content (AvgIpc) is 2.42. The van der Waals surface area contributed by atoms with Crippen LogP contribution in [0.4, 0.5) is 0 Å². The number of hydrogen-bond donors (Lipinski definition) is 3. The van der Waals surface area contributed by atoms with Crippen LogP contribution in [0, 0.1) is 0 Å². The second-order valence-electron chi connectivity index (χ2n) is 2.66. The quantitative estimate of drug-likeness (QED) is 0.507. The third-order valence-corrected chi connectivity index (χ3v) is 1.99. The van der Waals surface area contributed by atoms with Crippen LogP contribution < -0.4 is 5.32 Å². The normalized spacial score (nSPS) is 18.0. The Morgan fingerprint density at radius 2 is 2.09 bits per heavy atom. The molecule has 1 amide bonds. The summed E-state index contributed by atoms with van der Waals surface area (Å²) in [5, 5.41) is 2.48. The SMILES string of the molecule is O=C(CP(=O)(O)O)NC1CC1. The first-order valence-electron chi connectivity index (χ1n) is 3.31. The van der Waals surface area contributed by atoms with Gasteiger partial charge in [-0.3, -0.25) is 9.36 Å². The van der Waals surface area contributed by atoms with Crippen LogP contribution in [0.15, 0.2) is 0 Å². The summed E-state index contributed by atoms with van der Waals surface area (Å²) in [6.07, 6.45) is 1.16. The van der Waals surface area contributed by atoms with E-state index in [2.05, 4.69) is 5.32 Å². The lowest BCUT2D eigenvalue weighted by molar-refractivity contribution is -0.118. The zero-order valence-corrected chi connectivity index (χ0v) is 6.75. The maximum absolute atomic E-state index is 10.7. The van der Waals surface area contributed by atoms with Gasteiger partial charge in [-0.2, -0.15) is 0 Å². The van der Waals surface area contributed by atoms with Gasteiger partial charge in [0.25, 0.3) is 0 Å². The number of carbonyl (C=O) groups excluding carboxylic acids is 1. The molecule has 0 atom stereocenters. The van der Waals surface area contributed by atoms with Gasteiger partial charge in [-0.05, 0) is 12.8 Å². The molecule has 0 bridgehead atoms. The number of nitrogens with one attached hydrogen (secondary N) is 1. The highest BCUT2D eigenvalue weighted by molar-refractivity contribution is 7.52. The summed E-state index contributed by atoms with van der Waals surface area (Å²) in [7, 11) is -4.16. The maximum atomic E-state index is 10.7. The molecule has 3 N–H and O–H groups in total. The predicted octanol–water partition coefficient (Wildman–Crippen LogP) is -0.557. The number of hydrogen-bond acceptors (Lipinski definition) is 2. The summed E-state index contributed by atoms with van der Waals surface area (Å²) >= 11 is 0. The first kappa shape index (κ1) is 8.71. The van der Waals surface area contributed by atoms with Gasteiger partial charge < -0.3 is 15.1 Å². The van der Waals surface area contributed by atoms with Crippen molar-refractivity contribution in [1.82, 2.24) is 5.32 Å². The topological polar surface area (TPSA) is 86.6 Å². The minimum atomic E-state index is -4.16. The smallest absolute Gasteiger partial charge is 0.334 e. The molecule has 5 nitrogen and oxygen atoms in total. The van der Waals surface area contributed by atoms with E-state index in [-0.39, 0.29) is 6.04 Å². The Kier molecular flexibility index (Phi) is 2.32. The molecule has 0 spiro atoms. The van der Waals surface area contributed by atoms with Crippen LogP contribution in [0.2, 0.25) is 0 Å². The number of amides is 1. The Bertz CT molecular complexity index is 207. The molecule has 1 saturated carbocycles. The van der Waals surface area contributed by atoms with Crippen LogP contribution in [0.25, 0.3) is 0 Å². The van der Waals surface area contributed by atoms with Gasteiger partial charge in [0, 0.05) is 6.04 Å².